The molecule has 1 amide bonds. The lowest BCUT2D eigenvalue weighted by Gasteiger charge is -2.10. The average Bonchev–Trinajstić information content (AvgIpc) is 2.71. The number of amides is 1. The van der Waals surface area contributed by atoms with Crippen LogP contribution in [0.15, 0.2) is 54.9 Å². The van der Waals surface area contributed by atoms with Gasteiger partial charge in [0.15, 0.2) is 0 Å². The predicted molar refractivity (Wildman–Crippen MR) is 97.4 cm³/mol. The van der Waals surface area contributed by atoms with E-state index in [1.54, 1.807) is 12.1 Å². The second kappa shape index (κ2) is 8.21. The lowest BCUT2D eigenvalue weighted by Crippen LogP contribution is -2.17. The number of ether oxygens (including phenoxy) is 1. The van der Waals surface area contributed by atoms with Crippen molar-refractivity contribution >= 4 is 29.1 Å². The number of hydrogen-bond acceptors (Lipinski definition) is 6. The maximum absolute atomic E-state index is 13.7. The molecule has 9 heteroatoms. The van der Waals surface area contributed by atoms with Crippen molar-refractivity contribution < 1.29 is 23.1 Å². The molecule has 0 unspecified atom stereocenters. The smallest absolute Gasteiger partial charge is 0.339 e. The first-order valence-electron chi connectivity index (χ1n) is 8.01. The van der Waals surface area contributed by atoms with Crippen LogP contribution in [-0.4, -0.2) is 29.0 Å². The number of rotatable bonds is 5. The summed E-state index contributed by atoms with van der Waals surface area (Å²) < 4.78 is 32.0. The molecule has 0 aliphatic heterocycles. The van der Waals surface area contributed by atoms with Gasteiger partial charge in [0.1, 0.15) is 28.8 Å². The molecule has 2 aromatic carbocycles. The third-order valence-electron chi connectivity index (χ3n) is 3.68. The summed E-state index contributed by atoms with van der Waals surface area (Å²) in [6, 6.07) is 9.74. The van der Waals surface area contributed by atoms with E-state index in [4.69, 9.17) is 0 Å². The third-order valence-corrected chi connectivity index (χ3v) is 3.68. The highest BCUT2D eigenvalue weighted by Gasteiger charge is 2.16. The summed E-state index contributed by atoms with van der Waals surface area (Å²) >= 11 is 0. The van der Waals surface area contributed by atoms with Crippen LogP contribution in [0.5, 0.6) is 0 Å². The zero-order valence-corrected chi connectivity index (χ0v) is 14.6. The molecule has 3 rings (SSSR count). The van der Waals surface area contributed by atoms with Gasteiger partial charge in [0.2, 0.25) is 0 Å². The van der Waals surface area contributed by atoms with Gasteiger partial charge in [0.05, 0.1) is 30.8 Å². The summed E-state index contributed by atoms with van der Waals surface area (Å²) in [5, 5.41) is 5.02. The number of halogens is 2. The van der Waals surface area contributed by atoms with Crippen molar-refractivity contribution in [3.63, 3.8) is 0 Å². The number of esters is 1. The Labute approximate surface area is 158 Å². The Kier molecular flexibility index (Phi) is 5.54. The molecule has 142 valence electrons. The molecule has 0 saturated heterocycles. The maximum Gasteiger partial charge on any atom is 0.339 e. The molecule has 0 aliphatic rings. The fourth-order valence-corrected chi connectivity index (χ4v) is 2.32. The highest BCUT2D eigenvalue weighted by molar-refractivity contribution is 6.06. The van der Waals surface area contributed by atoms with Gasteiger partial charge in [-0.05, 0) is 24.3 Å². The summed E-state index contributed by atoms with van der Waals surface area (Å²) in [5.41, 5.74) is -0.00312. The first-order chi connectivity index (χ1) is 13.5. The van der Waals surface area contributed by atoms with Crippen LogP contribution < -0.4 is 10.6 Å². The number of nitrogens with one attached hydrogen (secondary N) is 2. The molecule has 0 aliphatic carbocycles. The summed E-state index contributed by atoms with van der Waals surface area (Å²) in [5.74, 6) is -2.75. The number of benzene rings is 2. The van der Waals surface area contributed by atoms with Gasteiger partial charge in [-0.25, -0.2) is 23.5 Å². The quantitative estimate of drug-likeness (QED) is 0.654. The highest BCUT2D eigenvalue weighted by Crippen LogP contribution is 2.22. The van der Waals surface area contributed by atoms with Crippen LogP contribution in [0.4, 0.5) is 26.0 Å². The fraction of sp³-hybridized carbons (Fsp3) is 0.0526. The number of carbonyl (C=O) groups excluding carboxylic acids is 2. The Balaban J connectivity index is 1.75. The Morgan fingerprint density at radius 2 is 1.68 bits per heavy atom. The zero-order valence-electron chi connectivity index (χ0n) is 14.6. The fourth-order valence-electron chi connectivity index (χ4n) is 2.32. The van der Waals surface area contributed by atoms with Gasteiger partial charge in [-0.2, -0.15) is 0 Å². The molecule has 0 fully saturated rings. The molecule has 0 bridgehead atoms. The minimum Gasteiger partial charge on any atom is -0.465 e. The van der Waals surface area contributed by atoms with E-state index >= 15 is 0 Å². The summed E-state index contributed by atoms with van der Waals surface area (Å²) in [6.07, 6.45) is 2.30. The van der Waals surface area contributed by atoms with E-state index in [9.17, 15) is 18.4 Å². The first-order valence-corrected chi connectivity index (χ1v) is 8.01. The van der Waals surface area contributed by atoms with E-state index in [0.29, 0.717) is 0 Å². The average molecular weight is 384 g/mol. The van der Waals surface area contributed by atoms with Crippen molar-refractivity contribution in [3.8, 4) is 0 Å². The standard InChI is InChI=1S/C19H14F2N4O3/c1-28-19(27)11-5-2-3-8-14(11)24-18(26)15-9-23-16(10-22-15)25-17-12(20)6-4-7-13(17)21/h2-10H,1H3,(H,23,25)(H,24,26). The molecule has 0 atom stereocenters. The summed E-state index contributed by atoms with van der Waals surface area (Å²) in [7, 11) is 1.23. The molecular formula is C19H14F2N4O3. The molecule has 0 radical (unpaired) electrons. The minimum atomic E-state index is -0.789. The number of methoxy groups -OCH3 is 1. The molecule has 1 heterocycles. The maximum atomic E-state index is 13.7. The van der Waals surface area contributed by atoms with Crippen LogP contribution in [0, 0.1) is 11.6 Å². The second-order valence-corrected chi connectivity index (χ2v) is 5.50. The van der Waals surface area contributed by atoms with Gasteiger partial charge >= 0.3 is 5.97 Å². The van der Waals surface area contributed by atoms with E-state index in [0.717, 1.165) is 24.5 Å². The van der Waals surface area contributed by atoms with Crippen molar-refractivity contribution in [2.24, 2.45) is 0 Å². The van der Waals surface area contributed by atoms with Crippen molar-refractivity contribution in [1.29, 1.82) is 0 Å². The highest BCUT2D eigenvalue weighted by atomic mass is 19.1. The SMILES string of the molecule is COC(=O)c1ccccc1NC(=O)c1cnc(Nc2c(F)cccc2F)cn1. The van der Waals surface area contributed by atoms with Crippen LogP contribution >= 0.6 is 0 Å². The van der Waals surface area contributed by atoms with Crippen molar-refractivity contribution in [3.05, 3.63) is 77.8 Å². The topological polar surface area (TPSA) is 93.2 Å². The number of aromatic nitrogens is 2. The normalized spacial score (nSPS) is 10.2. The van der Waals surface area contributed by atoms with Gasteiger partial charge in [0.25, 0.3) is 5.91 Å². The predicted octanol–water partition coefficient (Wildman–Crippen LogP) is 3.54. The molecule has 0 spiro atoms. The number of nitrogens with zero attached hydrogens (tertiary/aromatic N) is 2. The Hall–Kier alpha value is -3.88. The molecule has 28 heavy (non-hydrogen) atoms. The van der Waals surface area contributed by atoms with Gasteiger partial charge in [-0.1, -0.05) is 18.2 Å². The monoisotopic (exact) mass is 384 g/mol. The molecular weight excluding hydrogens is 370 g/mol. The summed E-state index contributed by atoms with van der Waals surface area (Å²) in [4.78, 5) is 32.0. The molecule has 0 saturated carbocycles. The molecule has 2 N–H and O–H groups in total. The number of anilines is 3. The molecule has 7 nitrogen and oxygen atoms in total. The summed E-state index contributed by atoms with van der Waals surface area (Å²) in [6.45, 7) is 0. The van der Waals surface area contributed by atoms with E-state index < -0.39 is 23.5 Å². The van der Waals surface area contributed by atoms with Crippen LogP contribution in [0.2, 0.25) is 0 Å². The van der Waals surface area contributed by atoms with Gasteiger partial charge < -0.3 is 15.4 Å². The zero-order chi connectivity index (χ0) is 20.1. The van der Waals surface area contributed by atoms with Crippen LogP contribution in [-0.2, 0) is 4.74 Å². The van der Waals surface area contributed by atoms with Gasteiger partial charge in [0, 0.05) is 0 Å². The van der Waals surface area contributed by atoms with Gasteiger partial charge in [-0.15, -0.1) is 0 Å². The Bertz CT molecular complexity index is 1010. The lowest BCUT2D eigenvalue weighted by atomic mass is 10.1. The molecule has 3 aromatic rings. The third kappa shape index (κ3) is 4.09. The lowest BCUT2D eigenvalue weighted by molar-refractivity contribution is 0.0602. The largest absolute Gasteiger partial charge is 0.465 e. The van der Waals surface area contributed by atoms with Gasteiger partial charge in [-0.3, -0.25) is 4.79 Å². The van der Waals surface area contributed by atoms with Crippen molar-refractivity contribution in [2.45, 2.75) is 0 Å². The van der Waals surface area contributed by atoms with Crippen molar-refractivity contribution in [2.75, 3.05) is 17.7 Å². The van der Waals surface area contributed by atoms with E-state index in [1.807, 2.05) is 0 Å². The molecule has 1 aromatic heterocycles. The minimum absolute atomic E-state index is 0.0514. The van der Waals surface area contributed by atoms with E-state index in [1.165, 1.54) is 25.3 Å². The number of para-hydroxylation sites is 2. The second-order valence-electron chi connectivity index (χ2n) is 5.50. The Morgan fingerprint density at radius 3 is 2.32 bits per heavy atom. The van der Waals surface area contributed by atoms with Crippen LogP contribution in [0.3, 0.4) is 0 Å². The van der Waals surface area contributed by atoms with E-state index in [2.05, 4.69) is 25.3 Å². The van der Waals surface area contributed by atoms with Crippen molar-refractivity contribution in [1.82, 2.24) is 9.97 Å². The Morgan fingerprint density at radius 1 is 0.964 bits per heavy atom. The number of carbonyl (C=O) groups is 2. The van der Waals surface area contributed by atoms with Crippen LogP contribution in [0.25, 0.3) is 0 Å². The number of hydrogen-bond donors (Lipinski definition) is 2. The van der Waals surface area contributed by atoms with E-state index in [-0.39, 0.29) is 28.5 Å². The first kappa shape index (κ1) is 18.9. The van der Waals surface area contributed by atoms with Crippen LogP contribution in [0.1, 0.15) is 20.8 Å².